The topological polar surface area (TPSA) is 76.1 Å². The number of carbonyl (C=O) groups excluding carboxylic acids is 1. The molecule has 1 rings (SSSR count). The molecule has 20 heavy (non-hydrogen) atoms. The smallest absolute Gasteiger partial charge is 0.416 e. The van der Waals surface area contributed by atoms with Crippen LogP contribution in [-0.4, -0.2) is 60.1 Å². The van der Waals surface area contributed by atoms with Gasteiger partial charge in [0.15, 0.2) is 6.10 Å². The standard InChI is InChI=1S/C11H14F3NO5/c1-2-3-19-10(18)15-5-8(11(12,13)14)20-6-7(15)4-9(16)17/h2,7-8H,1,3-6H2,(H,16,17)/t7-,8-/m1/s1. The quantitative estimate of drug-likeness (QED) is 0.794. The number of morpholine rings is 1. The van der Waals surface area contributed by atoms with E-state index in [2.05, 4.69) is 16.1 Å². The van der Waals surface area contributed by atoms with Crippen LogP contribution in [0.3, 0.4) is 0 Å². The van der Waals surface area contributed by atoms with E-state index in [9.17, 15) is 22.8 Å². The number of carboxylic acid groups (broad SMARTS) is 1. The summed E-state index contributed by atoms with van der Waals surface area (Å²) in [4.78, 5) is 23.1. The third kappa shape index (κ3) is 4.41. The normalized spacial score (nSPS) is 23.2. The molecule has 0 aromatic heterocycles. The van der Waals surface area contributed by atoms with Crippen LogP contribution in [0.5, 0.6) is 0 Å². The van der Waals surface area contributed by atoms with Crippen molar-refractivity contribution in [2.75, 3.05) is 19.8 Å². The molecular weight excluding hydrogens is 283 g/mol. The Hall–Kier alpha value is -1.77. The predicted octanol–water partition coefficient (Wildman–Crippen LogP) is 1.42. The van der Waals surface area contributed by atoms with Crippen LogP contribution in [0, 0.1) is 0 Å². The first-order valence-electron chi connectivity index (χ1n) is 5.70. The van der Waals surface area contributed by atoms with Crippen molar-refractivity contribution in [2.45, 2.75) is 24.7 Å². The van der Waals surface area contributed by atoms with Gasteiger partial charge in [0.05, 0.1) is 25.6 Å². The van der Waals surface area contributed by atoms with E-state index >= 15 is 0 Å². The van der Waals surface area contributed by atoms with Gasteiger partial charge in [0, 0.05) is 0 Å². The van der Waals surface area contributed by atoms with Crippen molar-refractivity contribution in [1.29, 1.82) is 0 Å². The zero-order valence-electron chi connectivity index (χ0n) is 10.4. The van der Waals surface area contributed by atoms with Crippen LogP contribution < -0.4 is 0 Å². The number of halogens is 3. The van der Waals surface area contributed by atoms with Gasteiger partial charge in [0.2, 0.25) is 0 Å². The Bertz CT molecular complexity index is 385. The van der Waals surface area contributed by atoms with E-state index in [1.54, 1.807) is 0 Å². The molecule has 0 bridgehead atoms. The Morgan fingerprint density at radius 1 is 1.50 bits per heavy atom. The van der Waals surface area contributed by atoms with E-state index in [0.717, 1.165) is 4.90 Å². The maximum Gasteiger partial charge on any atom is 0.416 e. The number of hydrogen-bond donors (Lipinski definition) is 1. The predicted molar refractivity (Wildman–Crippen MR) is 60.1 cm³/mol. The van der Waals surface area contributed by atoms with Gasteiger partial charge in [0.1, 0.15) is 6.61 Å². The van der Waals surface area contributed by atoms with Crippen LogP contribution in [0.1, 0.15) is 6.42 Å². The fourth-order valence-corrected chi connectivity index (χ4v) is 1.70. The van der Waals surface area contributed by atoms with Crippen molar-refractivity contribution in [3.8, 4) is 0 Å². The lowest BCUT2D eigenvalue weighted by Crippen LogP contribution is -2.56. The van der Waals surface area contributed by atoms with Crippen LogP contribution in [0.2, 0.25) is 0 Å². The van der Waals surface area contributed by atoms with Crippen LogP contribution in [0.25, 0.3) is 0 Å². The largest absolute Gasteiger partial charge is 0.481 e. The molecule has 1 aliphatic heterocycles. The maximum absolute atomic E-state index is 12.6. The summed E-state index contributed by atoms with van der Waals surface area (Å²) in [5, 5.41) is 8.69. The first kappa shape index (κ1) is 16.3. The molecule has 1 fully saturated rings. The van der Waals surface area contributed by atoms with Gasteiger partial charge in [-0.15, -0.1) is 0 Å². The Labute approximate surface area is 112 Å². The number of amides is 1. The molecule has 1 N–H and O–H groups in total. The van der Waals surface area contributed by atoms with Gasteiger partial charge in [-0.25, -0.2) is 4.79 Å². The second kappa shape index (κ2) is 6.60. The molecular formula is C11H14F3NO5. The molecule has 0 radical (unpaired) electrons. The lowest BCUT2D eigenvalue weighted by molar-refractivity contribution is -0.241. The summed E-state index contributed by atoms with van der Waals surface area (Å²) in [5.41, 5.74) is 0. The minimum absolute atomic E-state index is 0.174. The zero-order chi connectivity index (χ0) is 15.3. The lowest BCUT2D eigenvalue weighted by Gasteiger charge is -2.38. The van der Waals surface area contributed by atoms with Gasteiger partial charge in [-0.1, -0.05) is 12.7 Å². The zero-order valence-corrected chi connectivity index (χ0v) is 10.4. The van der Waals surface area contributed by atoms with Gasteiger partial charge in [-0.05, 0) is 0 Å². The summed E-state index contributed by atoms with van der Waals surface area (Å²) >= 11 is 0. The van der Waals surface area contributed by atoms with Crippen LogP contribution in [0.4, 0.5) is 18.0 Å². The summed E-state index contributed by atoms with van der Waals surface area (Å²) in [7, 11) is 0. The maximum atomic E-state index is 12.6. The molecule has 114 valence electrons. The summed E-state index contributed by atoms with van der Waals surface area (Å²) in [6.45, 7) is 1.82. The molecule has 0 unspecified atom stereocenters. The summed E-state index contributed by atoms with van der Waals surface area (Å²) in [6, 6.07) is -0.997. The van der Waals surface area contributed by atoms with Gasteiger partial charge >= 0.3 is 18.2 Å². The molecule has 2 atom stereocenters. The first-order chi connectivity index (χ1) is 9.25. The van der Waals surface area contributed by atoms with Crippen molar-refractivity contribution in [2.24, 2.45) is 0 Å². The third-order valence-corrected chi connectivity index (χ3v) is 2.63. The first-order valence-corrected chi connectivity index (χ1v) is 5.70. The van der Waals surface area contributed by atoms with Gasteiger partial charge in [-0.3, -0.25) is 9.69 Å². The average molecular weight is 297 g/mol. The van der Waals surface area contributed by atoms with Crippen molar-refractivity contribution >= 4 is 12.1 Å². The molecule has 0 aliphatic carbocycles. The van der Waals surface area contributed by atoms with E-state index in [0.29, 0.717) is 0 Å². The minimum Gasteiger partial charge on any atom is -0.481 e. The molecule has 1 aliphatic rings. The molecule has 0 aromatic carbocycles. The van der Waals surface area contributed by atoms with Crippen LogP contribution >= 0.6 is 0 Å². The van der Waals surface area contributed by atoms with Crippen molar-refractivity contribution in [1.82, 2.24) is 4.90 Å². The van der Waals surface area contributed by atoms with E-state index < -0.39 is 50.0 Å². The minimum atomic E-state index is -4.63. The summed E-state index contributed by atoms with van der Waals surface area (Å²) in [6.07, 6.45) is -7.07. The Morgan fingerprint density at radius 3 is 2.65 bits per heavy atom. The Kier molecular flexibility index (Phi) is 5.37. The molecule has 9 heteroatoms. The highest BCUT2D eigenvalue weighted by Gasteiger charge is 2.47. The molecule has 1 saturated heterocycles. The third-order valence-electron chi connectivity index (χ3n) is 2.63. The molecule has 1 heterocycles. The molecule has 1 amide bonds. The highest BCUT2D eigenvalue weighted by molar-refractivity contribution is 5.71. The number of hydrogen-bond acceptors (Lipinski definition) is 4. The van der Waals surface area contributed by atoms with Crippen LogP contribution in [0.15, 0.2) is 12.7 Å². The van der Waals surface area contributed by atoms with Crippen LogP contribution in [-0.2, 0) is 14.3 Å². The van der Waals surface area contributed by atoms with E-state index in [4.69, 9.17) is 5.11 Å². The van der Waals surface area contributed by atoms with Gasteiger partial charge < -0.3 is 14.6 Å². The van der Waals surface area contributed by atoms with Crippen molar-refractivity contribution < 1.29 is 37.3 Å². The van der Waals surface area contributed by atoms with Crippen molar-refractivity contribution in [3.05, 3.63) is 12.7 Å². The highest BCUT2D eigenvalue weighted by Crippen LogP contribution is 2.28. The number of ether oxygens (including phenoxy) is 2. The average Bonchev–Trinajstić information content (AvgIpc) is 2.34. The Morgan fingerprint density at radius 2 is 2.15 bits per heavy atom. The summed E-state index contributed by atoms with van der Waals surface area (Å²) in [5.74, 6) is -1.24. The summed E-state index contributed by atoms with van der Waals surface area (Å²) < 4.78 is 47.0. The molecule has 0 aromatic rings. The SMILES string of the molecule is C=CCOC(=O)N1C[C@H](C(F)(F)F)OC[C@H]1CC(=O)O. The molecule has 6 nitrogen and oxygen atoms in total. The number of nitrogens with zero attached hydrogens (tertiary/aromatic N) is 1. The number of alkyl halides is 3. The monoisotopic (exact) mass is 297 g/mol. The number of carbonyl (C=O) groups is 2. The Balaban J connectivity index is 2.79. The van der Waals surface area contributed by atoms with Gasteiger partial charge in [-0.2, -0.15) is 13.2 Å². The number of carboxylic acids is 1. The fourth-order valence-electron chi connectivity index (χ4n) is 1.70. The molecule has 0 spiro atoms. The van der Waals surface area contributed by atoms with E-state index in [1.165, 1.54) is 6.08 Å². The number of aliphatic carboxylic acids is 1. The highest BCUT2D eigenvalue weighted by atomic mass is 19.4. The van der Waals surface area contributed by atoms with E-state index in [-0.39, 0.29) is 6.61 Å². The van der Waals surface area contributed by atoms with Gasteiger partial charge in [0.25, 0.3) is 0 Å². The van der Waals surface area contributed by atoms with Crippen molar-refractivity contribution in [3.63, 3.8) is 0 Å². The number of rotatable bonds is 4. The second-order valence-corrected chi connectivity index (χ2v) is 4.13. The van der Waals surface area contributed by atoms with E-state index in [1.807, 2.05) is 0 Å². The second-order valence-electron chi connectivity index (χ2n) is 4.13. The lowest BCUT2D eigenvalue weighted by atomic mass is 10.1. The molecule has 0 saturated carbocycles. The fraction of sp³-hybridized carbons (Fsp3) is 0.636.